The van der Waals surface area contributed by atoms with Gasteiger partial charge in [0.15, 0.2) is 0 Å². The number of methoxy groups -OCH3 is 1. The third-order valence-electron chi connectivity index (χ3n) is 3.80. The van der Waals surface area contributed by atoms with Gasteiger partial charge in [-0.2, -0.15) is 0 Å². The van der Waals surface area contributed by atoms with Gasteiger partial charge in [0, 0.05) is 36.4 Å². The first-order chi connectivity index (χ1) is 9.97. The predicted molar refractivity (Wildman–Crippen MR) is 89.3 cm³/mol. The Morgan fingerprint density at radius 1 is 1.33 bits per heavy atom. The standard InChI is InChI=1S/C17H25N3O/c1-11(10-18)8-13-16(21-5)7-6-14-17(13)15(20(3)4)9-12(2)19-14/h6-7,9,11H,8,10,18H2,1-5H3. The van der Waals surface area contributed by atoms with Gasteiger partial charge in [0.25, 0.3) is 0 Å². The number of ether oxygens (including phenoxy) is 1. The molecule has 0 bridgehead atoms. The van der Waals surface area contributed by atoms with E-state index in [1.165, 1.54) is 16.6 Å². The minimum atomic E-state index is 0.404. The van der Waals surface area contributed by atoms with Gasteiger partial charge in [-0.25, -0.2) is 0 Å². The van der Waals surface area contributed by atoms with Gasteiger partial charge in [-0.05, 0) is 44.0 Å². The maximum atomic E-state index is 5.81. The maximum Gasteiger partial charge on any atom is 0.122 e. The van der Waals surface area contributed by atoms with Gasteiger partial charge in [-0.3, -0.25) is 4.98 Å². The van der Waals surface area contributed by atoms with E-state index in [-0.39, 0.29) is 0 Å². The van der Waals surface area contributed by atoms with E-state index < -0.39 is 0 Å². The van der Waals surface area contributed by atoms with E-state index in [4.69, 9.17) is 10.5 Å². The van der Waals surface area contributed by atoms with E-state index in [0.717, 1.165) is 23.4 Å². The maximum absolute atomic E-state index is 5.81. The molecule has 0 saturated carbocycles. The Bertz CT molecular complexity index is 637. The molecule has 21 heavy (non-hydrogen) atoms. The monoisotopic (exact) mass is 287 g/mol. The summed E-state index contributed by atoms with van der Waals surface area (Å²) in [5.74, 6) is 1.32. The first kappa shape index (κ1) is 15.6. The Balaban J connectivity index is 2.76. The molecule has 2 N–H and O–H groups in total. The molecule has 114 valence electrons. The van der Waals surface area contributed by atoms with Crippen LogP contribution in [0.25, 0.3) is 10.9 Å². The summed E-state index contributed by atoms with van der Waals surface area (Å²) in [6.07, 6.45) is 0.891. The second-order valence-electron chi connectivity index (χ2n) is 5.86. The van der Waals surface area contributed by atoms with Crippen LogP contribution in [0.1, 0.15) is 18.2 Å². The van der Waals surface area contributed by atoms with Crippen LogP contribution in [0.5, 0.6) is 5.75 Å². The molecule has 1 unspecified atom stereocenters. The number of nitrogens with zero attached hydrogens (tertiary/aromatic N) is 2. The lowest BCUT2D eigenvalue weighted by atomic mass is 9.95. The smallest absolute Gasteiger partial charge is 0.122 e. The number of fused-ring (bicyclic) bond motifs is 1. The molecule has 0 aliphatic carbocycles. The molecule has 1 aromatic heterocycles. The molecular weight excluding hydrogens is 262 g/mol. The van der Waals surface area contributed by atoms with Crippen LogP contribution in [0, 0.1) is 12.8 Å². The number of anilines is 1. The number of hydrogen-bond acceptors (Lipinski definition) is 4. The van der Waals surface area contributed by atoms with Crippen LogP contribution in [0.2, 0.25) is 0 Å². The average molecular weight is 287 g/mol. The third-order valence-corrected chi connectivity index (χ3v) is 3.80. The van der Waals surface area contributed by atoms with Crippen LogP contribution in [-0.2, 0) is 6.42 Å². The molecule has 0 fully saturated rings. The number of aromatic nitrogens is 1. The van der Waals surface area contributed by atoms with Gasteiger partial charge in [-0.1, -0.05) is 6.92 Å². The molecule has 1 atom stereocenters. The molecule has 0 spiro atoms. The molecule has 0 aliphatic heterocycles. The molecule has 1 aromatic carbocycles. The normalized spacial score (nSPS) is 12.5. The second-order valence-corrected chi connectivity index (χ2v) is 5.86. The summed E-state index contributed by atoms with van der Waals surface area (Å²) >= 11 is 0. The Hall–Kier alpha value is -1.81. The predicted octanol–water partition coefficient (Wildman–Crippen LogP) is 2.76. The summed E-state index contributed by atoms with van der Waals surface area (Å²) < 4.78 is 5.58. The van der Waals surface area contributed by atoms with Crippen molar-refractivity contribution < 1.29 is 4.74 Å². The van der Waals surface area contributed by atoms with E-state index in [1.54, 1.807) is 7.11 Å². The zero-order valence-electron chi connectivity index (χ0n) is 13.6. The highest BCUT2D eigenvalue weighted by Gasteiger charge is 2.16. The van der Waals surface area contributed by atoms with Gasteiger partial charge >= 0.3 is 0 Å². The van der Waals surface area contributed by atoms with Crippen LogP contribution in [-0.4, -0.2) is 32.7 Å². The molecule has 4 heteroatoms. The van der Waals surface area contributed by atoms with Gasteiger partial charge < -0.3 is 15.4 Å². The minimum Gasteiger partial charge on any atom is -0.496 e. The molecular formula is C17H25N3O. The number of rotatable bonds is 5. The van der Waals surface area contributed by atoms with Crippen molar-refractivity contribution in [3.63, 3.8) is 0 Å². The van der Waals surface area contributed by atoms with E-state index >= 15 is 0 Å². The Morgan fingerprint density at radius 3 is 2.62 bits per heavy atom. The van der Waals surface area contributed by atoms with Crippen molar-refractivity contribution in [2.24, 2.45) is 11.7 Å². The van der Waals surface area contributed by atoms with Crippen LogP contribution in [0.15, 0.2) is 18.2 Å². The van der Waals surface area contributed by atoms with Gasteiger partial charge in [0.05, 0.1) is 12.6 Å². The summed E-state index contributed by atoms with van der Waals surface area (Å²) in [7, 11) is 5.84. The lowest BCUT2D eigenvalue weighted by Crippen LogP contribution is -2.15. The highest BCUT2D eigenvalue weighted by atomic mass is 16.5. The van der Waals surface area contributed by atoms with E-state index in [9.17, 15) is 0 Å². The fraction of sp³-hybridized carbons (Fsp3) is 0.471. The largest absolute Gasteiger partial charge is 0.496 e. The van der Waals surface area contributed by atoms with Crippen molar-refractivity contribution in [3.05, 3.63) is 29.5 Å². The zero-order valence-corrected chi connectivity index (χ0v) is 13.6. The third kappa shape index (κ3) is 3.10. The molecule has 0 radical (unpaired) electrons. The number of nitrogens with two attached hydrogens (primary N) is 1. The average Bonchev–Trinajstić information content (AvgIpc) is 2.46. The molecule has 4 nitrogen and oxygen atoms in total. The van der Waals surface area contributed by atoms with Crippen LogP contribution < -0.4 is 15.4 Å². The number of pyridine rings is 1. The summed E-state index contributed by atoms with van der Waals surface area (Å²) in [5, 5.41) is 1.17. The SMILES string of the molecule is COc1ccc2nc(C)cc(N(C)C)c2c1CC(C)CN. The van der Waals surface area contributed by atoms with Crippen molar-refractivity contribution in [3.8, 4) is 5.75 Å². The van der Waals surface area contributed by atoms with Crippen LogP contribution >= 0.6 is 0 Å². The van der Waals surface area contributed by atoms with Gasteiger partial charge in [0.2, 0.25) is 0 Å². The molecule has 0 saturated heterocycles. The van der Waals surface area contributed by atoms with E-state index in [0.29, 0.717) is 12.5 Å². The van der Waals surface area contributed by atoms with Crippen molar-refractivity contribution in [1.29, 1.82) is 0 Å². The quantitative estimate of drug-likeness (QED) is 0.918. The summed E-state index contributed by atoms with van der Waals surface area (Å²) in [6, 6.07) is 6.16. The van der Waals surface area contributed by atoms with Gasteiger partial charge in [0.1, 0.15) is 5.75 Å². The summed E-state index contributed by atoms with van der Waals surface area (Å²) in [6.45, 7) is 4.85. The summed E-state index contributed by atoms with van der Waals surface area (Å²) in [5.41, 5.74) is 10.2. The first-order valence-corrected chi connectivity index (χ1v) is 7.32. The molecule has 2 rings (SSSR count). The minimum absolute atomic E-state index is 0.404. The van der Waals surface area contributed by atoms with Crippen molar-refractivity contribution in [2.75, 3.05) is 32.6 Å². The van der Waals surface area contributed by atoms with E-state index in [2.05, 4.69) is 37.0 Å². The first-order valence-electron chi connectivity index (χ1n) is 7.32. The van der Waals surface area contributed by atoms with E-state index in [1.807, 2.05) is 19.1 Å². The Labute approximate surface area is 126 Å². The van der Waals surface area contributed by atoms with Crippen molar-refractivity contribution >= 4 is 16.6 Å². The molecule has 2 aromatic rings. The highest BCUT2D eigenvalue weighted by Crippen LogP contribution is 2.35. The highest BCUT2D eigenvalue weighted by molar-refractivity contribution is 5.96. The number of benzene rings is 1. The van der Waals surface area contributed by atoms with Crippen molar-refractivity contribution in [2.45, 2.75) is 20.3 Å². The lowest BCUT2D eigenvalue weighted by Gasteiger charge is -2.21. The Morgan fingerprint density at radius 2 is 2.05 bits per heavy atom. The van der Waals surface area contributed by atoms with Crippen LogP contribution in [0.4, 0.5) is 5.69 Å². The second kappa shape index (κ2) is 6.31. The number of hydrogen-bond donors (Lipinski definition) is 1. The molecule has 0 amide bonds. The molecule has 0 aliphatic rings. The topological polar surface area (TPSA) is 51.4 Å². The zero-order chi connectivity index (χ0) is 15.6. The summed E-state index contributed by atoms with van der Waals surface area (Å²) in [4.78, 5) is 6.81. The van der Waals surface area contributed by atoms with Crippen molar-refractivity contribution in [1.82, 2.24) is 4.98 Å². The van der Waals surface area contributed by atoms with Crippen LogP contribution in [0.3, 0.4) is 0 Å². The molecule has 1 heterocycles. The lowest BCUT2D eigenvalue weighted by molar-refractivity contribution is 0.407. The Kier molecular flexibility index (Phi) is 4.68. The fourth-order valence-electron chi connectivity index (χ4n) is 2.67. The number of aryl methyl sites for hydroxylation is 1. The fourth-order valence-corrected chi connectivity index (χ4v) is 2.67. The van der Waals surface area contributed by atoms with Gasteiger partial charge in [-0.15, -0.1) is 0 Å².